The van der Waals surface area contributed by atoms with Gasteiger partial charge in [0, 0.05) is 36.6 Å². The molecule has 1 aromatic rings. The van der Waals surface area contributed by atoms with Gasteiger partial charge in [0.05, 0.1) is 13.7 Å². The van der Waals surface area contributed by atoms with Crippen LogP contribution in [0.1, 0.15) is 32.3 Å². The second-order valence-electron chi connectivity index (χ2n) is 6.09. The van der Waals surface area contributed by atoms with Gasteiger partial charge in [-0.3, -0.25) is 0 Å². The van der Waals surface area contributed by atoms with Gasteiger partial charge in [-0.2, -0.15) is 11.8 Å². The number of rotatable bonds is 8. The van der Waals surface area contributed by atoms with Gasteiger partial charge in [0.15, 0.2) is 5.96 Å². The fraction of sp³-hybridized carbons (Fsp3) is 0.632. The number of methoxy groups -OCH3 is 1. The summed E-state index contributed by atoms with van der Waals surface area (Å²) in [5, 5.41) is 6.89. The van der Waals surface area contributed by atoms with Crippen LogP contribution in [0.2, 0.25) is 0 Å². The molecule has 1 aliphatic heterocycles. The van der Waals surface area contributed by atoms with E-state index in [0.717, 1.165) is 62.2 Å². The van der Waals surface area contributed by atoms with Crippen LogP contribution in [-0.4, -0.2) is 49.9 Å². The summed E-state index contributed by atoms with van der Waals surface area (Å²) in [4.78, 5) is 4.74. The first-order valence-electron chi connectivity index (χ1n) is 9.09. The minimum absolute atomic E-state index is 0.244. The van der Waals surface area contributed by atoms with Crippen LogP contribution in [0.5, 0.6) is 5.75 Å². The standard InChI is InChI=1S/C19H31N3O2S/c1-4-20-18(21-14-16-8-6-7-9-17(16)23-3)22-15-19(25-5-2)10-12-24-13-11-19/h6-9H,4-5,10-15H2,1-3H3,(H2,20,21,22). The van der Waals surface area contributed by atoms with Crippen molar-refractivity contribution < 1.29 is 9.47 Å². The molecule has 1 heterocycles. The summed E-state index contributed by atoms with van der Waals surface area (Å²) in [7, 11) is 1.70. The molecule has 2 rings (SSSR count). The van der Waals surface area contributed by atoms with E-state index >= 15 is 0 Å². The number of guanidine groups is 1. The van der Waals surface area contributed by atoms with Crippen LogP contribution in [0.4, 0.5) is 0 Å². The summed E-state index contributed by atoms with van der Waals surface area (Å²) < 4.78 is 11.2. The lowest BCUT2D eigenvalue weighted by Gasteiger charge is -2.37. The highest BCUT2D eigenvalue weighted by molar-refractivity contribution is 8.00. The van der Waals surface area contributed by atoms with Gasteiger partial charge in [-0.05, 0) is 31.6 Å². The van der Waals surface area contributed by atoms with Crippen LogP contribution in [0.25, 0.3) is 0 Å². The molecule has 0 saturated carbocycles. The van der Waals surface area contributed by atoms with Crippen molar-refractivity contribution in [1.29, 1.82) is 0 Å². The van der Waals surface area contributed by atoms with Gasteiger partial charge in [-0.15, -0.1) is 0 Å². The van der Waals surface area contributed by atoms with E-state index in [-0.39, 0.29) is 4.75 Å². The number of nitrogens with zero attached hydrogens (tertiary/aromatic N) is 1. The van der Waals surface area contributed by atoms with Crippen LogP contribution < -0.4 is 15.4 Å². The number of nitrogens with one attached hydrogen (secondary N) is 2. The molecule has 0 aromatic heterocycles. The van der Waals surface area contributed by atoms with Crippen molar-refractivity contribution in [2.45, 2.75) is 38.0 Å². The van der Waals surface area contributed by atoms with Gasteiger partial charge in [-0.1, -0.05) is 25.1 Å². The van der Waals surface area contributed by atoms with Crippen LogP contribution in [-0.2, 0) is 11.3 Å². The Bertz CT molecular complexity index is 540. The second kappa shape index (κ2) is 10.6. The van der Waals surface area contributed by atoms with Gasteiger partial charge in [0.1, 0.15) is 5.75 Å². The summed E-state index contributed by atoms with van der Waals surface area (Å²) >= 11 is 2.04. The first-order valence-corrected chi connectivity index (χ1v) is 10.1. The maximum absolute atomic E-state index is 5.56. The lowest BCUT2D eigenvalue weighted by Crippen LogP contribution is -2.48. The molecule has 1 aliphatic rings. The minimum Gasteiger partial charge on any atom is -0.496 e. The quantitative estimate of drug-likeness (QED) is 0.548. The fourth-order valence-corrected chi connectivity index (χ4v) is 4.25. The van der Waals surface area contributed by atoms with Crippen molar-refractivity contribution >= 4 is 17.7 Å². The predicted molar refractivity (Wildman–Crippen MR) is 107 cm³/mol. The van der Waals surface area contributed by atoms with Gasteiger partial charge >= 0.3 is 0 Å². The molecule has 1 fully saturated rings. The molecule has 25 heavy (non-hydrogen) atoms. The monoisotopic (exact) mass is 365 g/mol. The third kappa shape index (κ3) is 6.12. The Balaban J connectivity index is 2.01. The Morgan fingerprint density at radius 3 is 2.68 bits per heavy atom. The molecule has 0 radical (unpaired) electrons. The zero-order valence-corrected chi connectivity index (χ0v) is 16.5. The number of aliphatic imine (C=N–C) groups is 1. The topological polar surface area (TPSA) is 54.9 Å². The van der Waals surface area contributed by atoms with Gasteiger partial charge in [0.25, 0.3) is 0 Å². The highest BCUT2D eigenvalue weighted by atomic mass is 32.2. The molecule has 0 spiro atoms. The molecule has 0 bridgehead atoms. The largest absolute Gasteiger partial charge is 0.496 e. The molecule has 0 atom stereocenters. The molecule has 6 heteroatoms. The summed E-state index contributed by atoms with van der Waals surface area (Å²) in [6.45, 7) is 8.36. The molecule has 5 nitrogen and oxygen atoms in total. The number of ether oxygens (including phenoxy) is 2. The Morgan fingerprint density at radius 2 is 2.00 bits per heavy atom. The maximum atomic E-state index is 5.56. The van der Waals surface area contributed by atoms with Crippen LogP contribution in [0.3, 0.4) is 0 Å². The summed E-state index contributed by atoms with van der Waals surface area (Å²) in [5.74, 6) is 2.86. The van der Waals surface area contributed by atoms with E-state index in [9.17, 15) is 0 Å². The highest BCUT2D eigenvalue weighted by Gasteiger charge is 2.32. The lowest BCUT2D eigenvalue weighted by molar-refractivity contribution is 0.0782. The molecule has 1 aromatic carbocycles. The van der Waals surface area contributed by atoms with Crippen molar-refractivity contribution in [1.82, 2.24) is 10.6 Å². The second-order valence-corrected chi connectivity index (χ2v) is 7.82. The maximum Gasteiger partial charge on any atom is 0.191 e. The average molecular weight is 366 g/mol. The SMILES string of the molecule is CCNC(=NCc1ccccc1OC)NCC1(SCC)CCOCC1. The van der Waals surface area contributed by atoms with Gasteiger partial charge < -0.3 is 20.1 Å². The zero-order valence-electron chi connectivity index (χ0n) is 15.6. The fourth-order valence-electron chi connectivity index (χ4n) is 3.01. The lowest BCUT2D eigenvalue weighted by atomic mass is 9.99. The number of benzene rings is 1. The van der Waals surface area contributed by atoms with Crippen molar-refractivity contribution in [3.05, 3.63) is 29.8 Å². The molecular weight excluding hydrogens is 334 g/mol. The number of hydrogen-bond acceptors (Lipinski definition) is 4. The van der Waals surface area contributed by atoms with Gasteiger partial charge in [0.2, 0.25) is 0 Å². The van der Waals surface area contributed by atoms with E-state index in [0.29, 0.717) is 6.54 Å². The normalized spacial score (nSPS) is 17.2. The van der Waals surface area contributed by atoms with E-state index in [2.05, 4.69) is 30.5 Å². The first kappa shape index (κ1) is 19.9. The molecule has 0 aliphatic carbocycles. The predicted octanol–water partition coefficient (Wildman–Crippen LogP) is 3.05. The van der Waals surface area contributed by atoms with Crippen molar-refractivity contribution in [3.63, 3.8) is 0 Å². The molecular formula is C19H31N3O2S. The summed E-state index contributed by atoms with van der Waals surface area (Å²) in [5.41, 5.74) is 1.09. The van der Waals surface area contributed by atoms with E-state index in [4.69, 9.17) is 14.5 Å². The highest BCUT2D eigenvalue weighted by Crippen LogP contribution is 2.34. The molecule has 140 valence electrons. The number of thioether (sulfide) groups is 1. The Labute approximate surface area is 156 Å². The Morgan fingerprint density at radius 1 is 1.24 bits per heavy atom. The molecule has 0 unspecified atom stereocenters. The zero-order chi connectivity index (χ0) is 18.0. The van der Waals surface area contributed by atoms with Crippen molar-refractivity contribution in [2.24, 2.45) is 4.99 Å². The van der Waals surface area contributed by atoms with E-state index < -0.39 is 0 Å². The Kier molecular flexibility index (Phi) is 8.41. The third-order valence-electron chi connectivity index (χ3n) is 4.38. The smallest absolute Gasteiger partial charge is 0.191 e. The molecule has 0 amide bonds. The van der Waals surface area contributed by atoms with Crippen molar-refractivity contribution in [2.75, 3.05) is 39.2 Å². The average Bonchev–Trinajstić information content (AvgIpc) is 2.65. The van der Waals surface area contributed by atoms with Crippen molar-refractivity contribution in [3.8, 4) is 5.75 Å². The van der Waals surface area contributed by atoms with Crippen LogP contribution in [0.15, 0.2) is 29.3 Å². The van der Waals surface area contributed by atoms with Gasteiger partial charge in [-0.25, -0.2) is 4.99 Å². The first-order chi connectivity index (χ1) is 12.2. The van der Waals surface area contributed by atoms with E-state index in [1.165, 1.54) is 0 Å². The van der Waals surface area contributed by atoms with Crippen LogP contribution >= 0.6 is 11.8 Å². The van der Waals surface area contributed by atoms with E-state index in [1.54, 1.807) is 7.11 Å². The van der Waals surface area contributed by atoms with Crippen LogP contribution in [0, 0.1) is 0 Å². The summed E-state index contributed by atoms with van der Waals surface area (Å²) in [6.07, 6.45) is 2.18. The molecule has 2 N–H and O–H groups in total. The number of hydrogen-bond donors (Lipinski definition) is 2. The van der Waals surface area contributed by atoms with E-state index in [1.807, 2.05) is 30.0 Å². The Hall–Kier alpha value is -1.40. The summed E-state index contributed by atoms with van der Waals surface area (Å²) in [6, 6.07) is 8.02. The third-order valence-corrected chi connectivity index (χ3v) is 5.83. The minimum atomic E-state index is 0.244. The molecule has 1 saturated heterocycles. The number of para-hydroxylation sites is 1.